The number of hydrogen-bond donors (Lipinski definition) is 3. The van der Waals surface area contributed by atoms with E-state index in [0.717, 1.165) is 30.4 Å². The van der Waals surface area contributed by atoms with Gasteiger partial charge in [0.25, 0.3) is 17.4 Å². The first-order valence-electron chi connectivity index (χ1n) is 8.98. The van der Waals surface area contributed by atoms with Gasteiger partial charge in [0.2, 0.25) is 0 Å². The van der Waals surface area contributed by atoms with Gasteiger partial charge in [-0.3, -0.25) is 14.4 Å². The summed E-state index contributed by atoms with van der Waals surface area (Å²) in [7, 11) is 1.44. The summed E-state index contributed by atoms with van der Waals surface area (Å²) < 4.78 is 1.36. The first-order chi connectivity index (χ1) is 13.0. The molecular formula is C20H23N3O4. The quantitative estimate of drug-likeness (QED) is 0.708. The van der Waals surface area contributed by atoms with E-state index in [2.05, 4.69) is 10.6 Å². The maximum Gasteiger partial charge on any atom is 0.263 e. The zero-order valence-corrected chi connectivity index (χ0v) is 15.2. The number of nitrogens with one attached hydrogen (secondary N) is 2. The molecule has 0 bridgehead atoms. The van der Waals surface area contributed by atoms with Crippen LogP contribution in [0.3, 0.4) is 0 Å². The Kier molecular flexibility index (Phi) is 5.71. The minimum absolute atomic E-state index is 0.0722. The molecule has 0 radical (unpaired) electrons. The van der Waals surface area contributed by atoms with Crippen molar-refractivity contribution < 1.29 is 14.7 Å². The van der Waals surface area contributed by atoms with Gasteiger partial charge < -0.3 is 20.3 Å². The number of aliphatic hydroxyl groups is 1. The normalized spacial score (nSPS) is 13.7. The highest BCUT2D eigenvalue weighted by atomic mass is 16.3. The van der Waals surface area contributed by atoms with Gasteiger partial charge in [-0.05, 0) is 36.5 Å². The highest BCUT2D eigenvalue weighted by molar-refractivity contribution is 5.99. The van der Waals surface area contributed by atoms with Crippen LogP contribution in [0.15, 0.2) is 41.3 Å². The molecule has 1 aliphatic carbocycles. The molecule has 0 unspecified atom stereocenters. The lowest BCUT2D eigenvalue weighted by atomic mass is 9.93. The van der Waals surface area contributed by atoms with Crippen LogP contribution in [0, 0.1) is 0 Å². The molecule has 7 heteroatoms. The number of pyridine rings is 1. The first kappa shape index (κ1) is 18.8. The molecule has 1 saturated carbocycles. The maximum atomic E-state index is 12.7. The third kappa shape index (κ3) is 4.25. The molecule has 142 valence electrons. The van der Waals surface area contributed by atoms with E-state index in [9.17, 15) is 19.5 Å². The molecule has 1 aromatic heterocycles. The Morgan fingerprint density at radius 2 is 1.93 bits per heavy atom. The van der Waals surface area contributed by atoms with Crippen LogP contribution in [0.5, 0.6) is 0 Å². The second-order valence-electron chi connectivity index (χ2n) is 6.73. The van der Waals surface area contributed by atoms with Gasteiger partial charge in [0.1, 0.15) is 5.56 Å². The number of carbonyl (C=O) groups excluding carboxylic acids is 2. The minimum atomic E-state index is -0.531. The number of rotatable bonds is 6. The summed E-state index contributed by atoms with van der Waals surface area (Å²) in [6.07, 6.45) is 4.47. The third-order valence-electron chi connectivity index (χ3n) is 4.79. The molecule has 2 aromatic rings. The lowest BCUT2D eigenvalue weighted by Gasteiger charge is -2.26. The van der Waals surface area contributed by atoms with Crippen molar-refractivity contribution in [3.63, 3.8) is 0 Å². The summed E-state index contributed by atoms with van der Waals surface area (Å²) in [5.74, 6) is -0.820. The smallest absolute Gasteiger partial charge is 0.263 e. The predicted molar refractivity (Wildman–Crippen MR) is 101 cm³/mol. The fraction of sp³-hybridized carbons (Fsp3) is 0.350. The number of benzene rings is 1. The van der Waals surface area contributed by atoms with E-state index in [-0.39, 0.29) is 36.2 Å². The van der Waals surface area contributed by atoms with E-state index in [1.54, 1.807) is 18.2 Å². The molecule has 27 heavy (non-hydrogen) atoms. The Hall–Kier alpha value is -2.93. The van der Waals surface area contributed by atoms with Gasteiger partial charge in [-0.15, -0.1) is 0 Å². The summed E-state index contributed by atoms with van der Waals surface area (Å²) in [5.41, 5.74) is 1.26. The number of aliphatic hydroxyl groups excluding tert-OH is 1. The molecule has 7 nitrogen and oxygen atoms in total. The second kappa shape index (κ2) is 8.18. The molecule has 1 fully saturated rings. The molecule has 0 spiro atoms. The molecule has 0 atom stereocenters. The zero-order valence-electron chi connectivity index (χ0n) is 15.2. The van der Waals surface area contributed by atoms with Crippen LogP contribution in [-0.2, 0) is 13.2 Å². The van der Waals surface area contributed by atoms with Crippen molar-refractivity contribution >= 4 is 11.8 Å². The van der Waals surface area contributed by atoms with Crippen LogP contribution >= 0.6 is 0 Å². The third-order valence-corrected chi connectivity index (χ3v) is 4.79. The van der Waals surface area contributed by atoms with Gasteiger partial charge in [0, 0.05) is 19.3 Å². The van der Waals surface area contributed by atoms with Gasteiger partial charge >= 0.3 is 0 Å². The van der Waals surface area contributed by atoms with Crippen LogP contribution in [0.2, 0.25) is 0 Å². The van der Waals surface area contributed by atoms with Crippen LogP contribution < -0.4 is 16.2 Å². The van der Waals surface area contributed by atoms with Gasteiger partial charge in [-0.1, -0.05) is 24.3 Å². The average Bonchev–Trinajstić information content (AvgIpc) is 2.65. The van der Waals surface area contributed by atoms with E-state index in [4.69, 9.17) is 0 Å². The van der Waals surface area contributed by atoms with Crippen molar-refractivity contribution in [2.75, 3.05) is 7.05 Å². The summed E-state index contributed by atoms with van der Waals surface area (Å²) in [6.45, 7) is 0.0945. The van der Waals surface area contributed by atoms with E-state index in [1.807, 2.05) is 6.07 Å². The van der Waals surface area contributed by atoms with Crippen LogP contribution in [0.25, 0.3) is 0 Å². The molecule has 0 saturated heterocycles. The van der Waals surface area contributed by atoms with Crippen molar-refractivity contribution in [3.8, 4) is 0 Å². The van der Waals surface area contributed by atoms with Gasteiger partial charge in [0.15, 0.2) is 0 Å². The minimum Gasteiger partial charge on any atom is -0.392 e. The van der Waals surface area contributed by atoms with Crippen molar-refractivity contribution in [1.82, 2.24) is 15.2 Å². The lowest BCUT2D eigenvalue weighted by molar-refractivity contribution is 0.0916. The SMILES string of the molecule is CNC(=O)c1cc(C(=O)NC2CCC2)cn(Cc2cccc(CO)c2)c1=O. The van der Waals surface area contributed by atoms with Gasteiger partial charge in [0.05, 0.1) is 18.7 Å². The predicted octanol–water partition coefficient (Wildman–Crippen LogP) is 1.03. The Morgan fingerprint density at radius 1 is 1.19 bits per heavy atom. The Balaban J connectivity index is 1.97. The molecular weight excluding hydrogens is 346 g/mol. The highest BCUT2D eigenvalue weighted by Gasteiger charge is 2.22. The number of nitrogens with zero attached hydrogens (tertiary/aromatic N) is 1. The zero-order chi connectivity index (χ0) is 19.4. The largest absolute Gasteiger partial charge is 0.392 e. The first-order valence-corrected chi connectivity index (χ1v) is 8.98. The molecule has 0 aliphatic heterocycles. The highest BCUT2D eigenvalue weighted by Crippen LogP contribution is 2.18. The van der Waals surface area contributed by atoms with Crippen molar-refractivity contribution in [1.29, 1.82) is 0 Å². The Morgan fingerprint density at radius 3 is 2.56 bits per heavy atom. The molecule has 3 rings (SSSR count). The molecule has 3 N–H and O–H groups in total. The van der Waals surface area contributed by atoms with Crippen LogP contribution in [0.4, 0.5) is 0 Å². The fourth-order valence-corrected chi connectivity index (χ4v) is 3.02. The number of amides is 2. The van der Waals surface area contributed by atoms with Crippen LogP contribution in [-0.4, -0.2) is 34.6 Å². The van der Waals surface area contributed by atoms with Crippen molar-refractivity contribution in [2.45, 2.75) is 38.5 Å². The standard InChI is InChI=1S/C20H23N3O4/c1-21-19(26)17-9-15(18(25)22-16-6-3-7-16)11-23(20(17)27)10-13-4-2-5-14(8-13)12-24/h2,4-5,8-9,11,16,24H,3,6-7,10,12H2,1H3,(H,21,26)(H,22,25). The number of aromatic nitrogens is 1. The van der Waals surface area contributed by atoms with Gasteiger partial charge in [-0.2, -0.15) is 0 Å². The monoisotopic (exact) mass is 369 g/mol. The molecule has 1 heterocycles. The molecule has 2 amide bonds. The summed E-state index contributed by atoms with van der Waals surface area (Å²) >= 11 is 0. The second-order valence-corrected chi connectivity index (χ2v) is 6.73. The Labute approximate surface area is 157 Å². The summed E-state index contributed by atoms with van der Waals surface area (Å²) in [4.78, 5) is 37.4. The lowest BCUT2D eigenvalue weighted by Crippen LogP contribution is -2.40. The summed E-state index contributed by atoms with van der Waals surface area (Å²) in [5, 5.41) is 14.7. The van der Waals surface area contributed by atoms with Gasteiger partial charge in [-0.25, -0.2) is 0 Å². The van der Waals surface area contributed by atoms with E-state index in [0.29, 0.717) is 0 Å². The maximum absolute atomic E-state index is 12.7. The van der Waals surface area contributed by atoms with E-state index < -0.39 is 11.5 Å². The number of carbonyl (C=O) groups is 2. The Bertz CT molecular complexity index is 916. The van der Waals surface area contributed by atoms with E-state index >= 15 is 0 Å². The van der Waals surface area contributed by atoms with E-state index in [1.165, 1.54) is 23.9 Å². The van der Waals surface area contributed by atoms with Crippen LogP contribution in [0.1, 0.15) is 51.1 Å². The van der Waals surface area contributed by atoms with Crippen molar-refractivity contribution in [3.05, 3.63) is 69.1 Å². The molecule has 1 aromatic carbocycles. The summed E-state index contributed by atoms with van der Waals surface area (Å²) in [6, 6.07) is 8.68. The van der Waals surface area contributed by atoms with Crippen molar-refractivity contribution in [2.24, 2.45) is 0 Å². The topological polar surface area (TPSA) is 100 Å². The number of hydrogen-bond acceptors (Lipinski definition) is 4. The fourth-order valence-electron chi connectivity index (χ4n) is 3.02. The molecule has 1 aliphatic rings. The average molecular weight is 369 g/mol.